The maximum atomic E-state index is 13.2. The van der Waals surface area contributed by atoms with E-state index in [0.29, 0.717) is 11.3 Å². The molecule has 0 aromatic heterocycles. The summed E-state index contributed by atoms with van der Waals surface area (Å²) >= 11 is 0. The van der Waals surface area contributed by atoms with E-state index in [0.717, 1.165) is 0 Å². The first-order valence-corrected chi connectivity index (χ1v) is 4.57. The van der Waals surface area contributed by atoms with Crippen LogP contribution in [0.25, 0.3) is 0 Å². The van der Waals surface area contributed by atoms with E-state index in [1.807, 2.05) is 13.8 Å². The highest BCUT2D eigenvalue weighted by Gasteiger charge is 2.09. The minimum atomic E-state index is -0.364. The van der Waals surface area contributed by atoms with Crippen LogP contribution in [0, 0.1) is 12.7 Å². The van der Waals surface area contributed by atoms with Crippen LogP contribution < -0.4 is 9.47 Å². The zero-order valence-electron chi connectivity index (χ0n) is 9.35. The monoisotopic (exact) mass is 200 g/mol. The molecule has 3 heteroatoms. The van der Waals surface area contributed by atoms with E-state index in [9.17, 15) is 4.39 Å². The van der Waals surface area contributed by atoms with Gasteiger partial charge in [0.1, 0.15) is 5.75 Å². The summed E-state index contributed by atoms with van der Waals surface area (Å²) in [4.78, 5) is 0. The van der Waals surface area contributed by atoms with Crippen molar-refractivity contribution in [2.75, 3.05) is 14.2 Å². The van der Waals surface area contributed by atoms with Gasteiger partial charge in [-0.05, 0) is 19.1 Å². The van der Waals surface area contributed by atoms with Crippen LogP contribution in [-0.4, -0.2) is 14.2 Å². The van der Waals surface area contributed by atoms with Gasteiger partial charge in [0.25, 0.3) is 0 Å². The van der Waals surface area contributed by atoms with Gasteiger partial charge in [0, 0.05) is 5.56 Å². The number of rotatable bonds is 2. The van der Waals surface area contributed by atoms with Gasteiger partial charge in [-0.3, -0.25) is 0 Å². The van der Waals surface area contributed by atoms with E-state index in [4.69, 9.17) is 9.47 Å². The second-order valence-corrected chi connectivity index (χ2v) is 2.41. The Hall–Kier alpha value is -1.25. The van der Waals surface area contributed by atoms with Crippen LogP contribution in [0.3, 0.4) is 0 Å². The van der Waals surface area contributed by atoms with Gasteiger partial charge >= 0.3 is 0 Å². The van der Waals surface area contributed by atoms with Crippen molar-refractivity contribution in [3.63, 3.8) is 0 Å². The third-order valence-electron chi connectivity index (χ3n) is 1.74. The Morgan fingerprint density at radius 2 is 1.43 bits per heavy atom. The molecule has 0 aliphatic carbocycles. The van der Waals surface area contributed by atoms with Gasteiger partial charge in [0.05, 0.1) is 14.2 Å². The molecule has 0 N–H and O–H groups in total. The molecule has 0 fully saturated rings. The molecule has 0 radical (unpaired) electrons. The van der Waals surface area contributed by atoms with Crippen molar-refractivity contribution in [1.29, 1.82) is 0 Å². The lowest BCUT2D eigenvalue weighted by atomic mass is 10.2. The van der Waals surface area contributed by atoms with Gasteiger partial charge in [0.15, 0.2) is 11.6 Å². The number of hydrogen-bond acceptors (Lipinski definition) is 2. The first-order chi connectivity index (χ1) is 6.70. The third-order valence-corrected chi connectivity index (χ3v) is 1.74. The van der Waals surface area contributed by atoms with Gasteiger partial charge in [-0.1, -0.05) is 13.8 Å². The number of methoxy groups -OCH3 is 2. The highest BCUT2D eigenvalue weighted by atomic mass is 19.1. The smallest absolute Gasteiger partial charge is 0.171 e. The van der Waals surface area contributed by atoms with E-state index >= 15 is 0 Å². The minimum absolute atomic E-state index is 0.244. The zero-order valence-corrected chi connectivity index (χ0v) is 9.35. The first-order valence-electron chi connectivity index (χ1n) is 4.57. The molecule has 0 saturated heterocycles. The molecule has 80 valence electrons. The molecule has 0 aliphatic rings. The molecule has 0 amide bonds. The predicted octanol–water partition coefficient (Wildman–Crippen LogP) is 3.18. The summed E-state index contributed by atoms with van der Waals surface area (Å²) in [6.45, 7) is 5.65. The fraction of sp³-hybridized carbons (Fsp3) is 0.455. The number of ether oxygens (including phenoxy) is 2. The molecule has 0 bridgehead atoms. The van der Waals surface area contributed by atoms with Crippen molar-refractivity contribution in [3.05, 3.63) is 23.5 Å². The first kappa shape index (κ1) is 12.8. The number of halogens is 1. The topological polar surface area (TPSA) is 18.5 Å². The molecular formula is C11H17FO2. The summed E-state index contributed by atoms with van der Waals surface area (Å²) in [5, 5.41) is 0. The Labute approximate surface area is 84.7 Å². The molecule has 0 unspecified atom stereocenters. The lowest BCUT2D eigenvalue weighted by Gasteiger charge is -2.08. The Morgan fingerprint density at radius 3 is 1.86 bits per heavy atom. The molecule has 2 nitrogen and oxygen atoms in total. The third kappa shape index (κ3) is 2.62. The van der Waals surface area contributed by atoms with Crippen LogP contribution in [0.4, 0.5) is 4.39 Å². The van der Waals surface area contributed by atoms with Gasteiger partial charge in [-0.15, -0.1) is 0 Å². The van der Waals surface area contributed by atoms with Gasteiger partial charge < -0.3 is 9.47 Å². The molecule has 14 heavy (non-hydrogen) atoms. The van der Waals surface area contributed by atoms with E-state index < -0.39 is 0 Å². The van der Waals surface area contributed by atoms with Crippen molar-refractivity contribution >= 4 is 0 Å². The van der Waals surface area contributed by atoms with Crippen LogP contribution in [0.2, 0.25) is 0 Å². The van der Waals surface area contributed by atoms with Crippen LogP contribution in [0.1, 0.15) is 19.4 Å². The molecule has 0 heterocycles. The lowest BCUT2D eigenvalue weighted by molar-refractivity contribution is 0.374. The highest BCUT2D eigenvalue weighted by molar-refractivity contribution is 5.40. The Morgan fingerprint density at radius 1 is 1.00 bits per heavy atom. The van der Waals surface area contributed by atoms with Crippen molar-refractivity contribution in [2.45, 2.75) is 20.8 Å². The summed E-state index contributed by atoms with van der Waals surface area (Å²) in [5.41, 5.74) is 0.469. The SMILES string of the molecule is CC.COc1ccc(OC)c(F)c1C. The highest BCUT2D eigenvalue weighted by Crippen LogP contribution is 2.27. The molecule has 0 spiro atoms. The van der Waals surface area contributed by atoms with Gasteiger partial charge in [-0.25, -0.2) is 4.39 Å². The summed E-state index contributed by atoms with van der Waals surface area (Å²) in [7, 11) is 2.94. The number of hydrogen-bond donors (Lipinski definition) is 0. The van der Waals surface area contributed by atoms with Crippen molar-refractivity contribution in [1.82, 2.24) is 0 Å². The summed E-state index contributed by atoms with van der Waals surface area (Å²) < 4.78 is 23.0. The van der Waals surface area contributed by atoms with Gasteiger partial charge in [-0.2, -0.15) is 0 Å². The largest absolute Gasteiger partial charge is 0.496 e. The number of benzene rings is 1. The standard InChI is InChI=1S/C9H11FO2.C2H6/c1-6-7(11-2)4-5-8(12-3)9(6)10;1-2/h4-5H,1-3H3;1-2H3. The average Bonchev–Trinajstić information content (AvgIpc) is 2.25. The van der Waals surface area contributed by atoms with Crippen molar-refractivity contribution in [2.24, 2.45) is 0 Å². The van der Waals surface area contributed by atoms with Crippen molar-refractivity contribution in [3.8, 4) is 11.5 Å². The zero-order chi connectivity index (χ0) is 11.1. The molecule has 1 aromatic carbocycles. The Kier molecular flexibility index (Phi) is 5.68. The Balaban J connectivity index is 0.000000791. The van der Waals surface area contributed by atoms with E-state index in [1.165, 1.54) is 14.2 Å². The summed E-state index contributed by atoms with van der Waals surface area (Å²) in [6, 6.07) is 3.22. The second-order valence-electron chi connectivity index (χ2n) is 2.41. The van der Waals surface area contributed by atoms with Crippen molar-refractivity contribution < 1.29 is 13.9 Å². The molecule has 0 saturated carbocycles. The summed E-state index contributed by atoms with van der Waals surface area (Å²) in [6.07, 6.45) is 0. The maximum absolute atomic E-state index is 13.2. The second kappa shape index (κ2) is 6.24. The minimum Gasteiger partial charge on any atom is -0.496 e. The normalized spacial score (nSPS) is 8.71. The Bertz CT molecular complexity index is 256. The average molecular weight is 200 g/mol. The maximum Gasteiger partial charge on any atom is 0.171 e. The molecule has 0 aliphatic heterocycles. The predicted molar refractivity (Wildman–Crippen MR) is 55.6 cm³/mol. The molecule has 0 atom stereocenters. The van der Waals surface area contributed by atoms with Crippen LogP contribution in [0.15, 0.2) is 12.1 Å². The van der Waals surface area contributed by atoms with E-state index in [-0.39, 0.29) is 11.6 Å². The fourth-order valence-electron chi connectivity index (χ4n) is 1.02. The van der Waals surface area contributed by atoms with Crippen LogP contribution in [-0.2, 0) is 0 Å². The quantitative estimate of drug-likeness (QED) is 0.730. The molecular weight excluding hydrogens is 183 g/mol. The van der Waals surface area contributed by atoms with E-state index in [1.54, 1.807) is 19.1 Å². The lowest BCUT2D eigenvalue weighted by Crippen LogP contribution is -1.94. The van der Waals surface area contributed by atoms with E-state index in [2.05, 4.69) is 0 Å². The summed E-state index contributed by atoms with van der Waals surface area (Å²) in [5.74, 6) is 0.415. The molecule has 1 rings (SSSR count). The van der Waals surface area contributed by atoms with Crippen LogP contribution >= 0.6 is 0 Å². The van der Waals surface area contributed by atoms with Crippen LogP contribution in [0.5, 0.6) is 11.5 Å². The van der Waals surface area contributed by atoms with Gasteiger partial charge in [0.2, 0.25) is 0 Å². The molecule has 1 aromatic rings. The fourth-order valence-corrected chi connectivity index (χ4v) is 1.02.